The van der Waals surface area contributed by atoms with E-state index >= 15 is 0 Å². The van der Waals surface area contributed by atoms with E-state index in [1.165, 1.54) is 12.7 Å². The van der Waals surface area contributed by atoms with Crippen LogP contribution in [0.1, 0.15) is 25.5 Å². The molecule has 3 nitrogen and oxygen atoms in total. The molecule has 0 spiro atoms. The highest BCUT2D eigenvalue weighted by Gasteiger charge is 2.26. The summed E-state index contributed by atoms with van der Waals surface area (Å²) >= 11 is 1.65. The van der Waals surface area contributed by atoms with Crippen molar-refractivity contribution in [3.05, 3.63) is 35.9 Å². The van der Waals surface area contributed by atoms with Crippen molar-refractivity contribution in [1.29, 1.82) is 0 Å². The van der Waals surface area contributed by atoms with Crippen molar-refractivity contribution in [2.45, 2.75) is 25.1 Å². The van der Waals surface area contributed by atoms with Crippen LogP contribution in [0.3, 0.4) is 0 Å². The van der Waals surface area contributed by atoms with E-state index < -0.39 is 0 Å². The first-order chi connectivity index (χ1) is 9.10. The maximum absolute atomic E-state index is 11.3. The molecule has 1 aromatic carbocycles. The molecule has 0 aliphatic rings. The quantitative estimate of drug-likeness (QED) is 0.780. The van der Waals surface area contributed by atoms with Gasteiger partial charge in [-0.25, -0.2) is 0 Å². The SMILES string of the molecule is CNC(c1ccccc1)C(SCC(=O)OC)C(C)C. The third-order valence-electron chi connectivity index (χ3n) is 3.08. The molecule has 0 bridgehead atoms. The van der Waals surface area contributed by atoms with Gasteiger partial charge in [-0.3, -0.25) is 4.79 Å². The van der Waals surface area contributed by atoms with Gasteiger partial charge in [0.05, 0.1) is 12.9 Å². The van der Waals surface area contributed by atoms with Gasteiger partial charge in [0, 0.05) is 11.3 Å². The maximum atomic E-state index is 11.3. The van der Waals surface area contributed by atoms with Gasteiger partial charge in [0.2, 0.25) is 0 Å². The number of nitrogens with one attached hydrogen (secondary N) is 1. The van der Waals surface area contributed by atoms with Crippen LogP contribution in [-0.2, 0) is 9.53 Å². The summed E-state index contributed by atoms with van der Waals surface area (Å²) in [5.41, 5.74) is 1.25. The van der Waals surface area contributed by atoms with Crippen LogP contribution in [-0.4, -0.2) is 31.1 Å². The van der Waals surface area contributed by atoms with Gasteiger partial charge >= 0.3 is 5.97 Å². The smallest absolute Gasteiger partial charge is 0.315 e. The summed E-state index contributed by atoms with van der Waals surface area (Å²) in [6, 6.07) is 10.6. The van der Waals surface area contributed by atoms with Crippen LogP contribution < -0.4 is 5.32 Å². The number of methoxy groups -OCH3 is 1. The van der Waals surface area contributed by atoms with E-state index in [1.807, 2.05) is 25.2 Å². The summed E-state index contributed by atoms with van der Waals surface area (Å²) in [4.78, 5) is 11.3. The summed E-state index contributed by atoms with van der Waals surface area (Å²) in [5.74, 6) is 0.690. The minimum Gasteiger partial charge on any atom is -0.468 e. The number of esters is 1. The highest BCUT2D eigenvalue weighted by Crippen LogP contribution is 2.32. The number of carbonyl (C=O) groups is 1. The Balaban J connectivity index is 2.80. The van der Waals surface area contributed by atoms with Crippen molar-refractivity contribution in [2.24, 2.45) is 5.92 Å². The van der Waals surface area contributed by atoms with Crippen LogP contribution in [0.2, 0.25) is 0 Å². The zero-order valence-electron chi connectivity index (χ0n) is 12.1. The zero-order valence-corrected chi connectivity index (χ0v) is 12.9. The number of hydrogen-bond acceptors (Lipinski definition) is 4. The number of ether oxygens (including phenoxy) is 1. The Hall–Kier alpha value is -1.00. The van der Waals surface area contributed by atoms with Gasteiger partial charge in [-0.15, -0.1) is 11.8 Å². The van der Waals surface area contributed by atoms with Gasteiger partial charge in [-0.05, 0) is 18.5 Å². The van der Waals surface area contributed by atoms with Gasteiger partial charge in [0.15, 0.2) is 0 Å². The molecular weight excluding hydrogens is 258 g/mol. The molecule has 1 N–H and O–H groups in total. The van der Waals surface area contributed by atoms with Crippen LogP contribution in [0, 0.1) is 5.92 Å². The summed E-state index contributed by atoms with van der Waals surface area (Å²) in [7, 11) is 3.39. The van der Waals surface area contributed by atoms with Gasteiger partial charge < -0.3 is 10.1 Å². The topological polar surface area (TPSA) is 38.3 Å². The molecule has 0 saturated carbocycles. The fourth-order valence-corrected chi connectivity index (χ4v) is 3.39. The Morgan fingerprint density at radius 2 is 1.95 bits per heavy atom. The van der Waals surface area contributed by atoms with Crippen molar-refractivity contribution in [2.75, 3.05) is 19.9 Å². The number of carbonyl (C=O) groups excluding carboxylic acids is 1. The van der Waals surface area contributed by atoms with Crippen LogP contribution in [0.4, 0.5) is 0 Å². The second kappa shape index (κ2) is 8.23. The Morgan fingerprint density at radius 1 is 1.32 bits per heavy atom. The lowest BCUT2D eigenvalue weighted by Gasteiger charge is -2.29. The third kappa shape index (κ3) is 4.88. The second-order valence-corrected chi connectivity index (χ2v) is 5.94. The molecule has 0 amide bonds. The molecule has 1 aromatic rings. The molecule has 0 saturated heterocycles. The maximum Gasteiger partial charge on any atom is 0.315 e. The molecular formula is C15H23NO2S. The minimum atomic E-state index is -0.168. The lowest BCUT2D eigenvalue weighted by molar-refractivity contribution is -0.137. The zero-order chi connectivity index (χ0) is 14.3. The summed E-state index contributed by atoms with van der Waals surface area (Å²) < 4.78 is 4.72. The van der Waals surface area contributed by atoms with Crippen LogP contribution in [0.15, 0.2) is 30.3 Å². The Bertz CT molecular complexity index is 381. The predicted octanol–water partition coefficient (Wildman–Crippen LogP) is 2.88. The van der Waals surface area contributed by atoms with Crippen LogP contribution in [0.25, 0.3) is 0 Å². The molecule has 0 aromatic heterocycles. The molecule has 2 atom stereocenters. The number of benzene rings is 1. The van der Waals surface area contributed by atoms with E-state index in [1.54, 1.807) is 11.8 Å². The van der Waals surface area contributed by atoms with E-state index in [2.05, 4.69) is 31.3 Å². The van der Waals surface area contributed by atoms with Crippen molar-refractivity contribution >= 4 is 17.7 Å². The lowest BCUT2D eigenvalue weighted by atomic mass is 9.96. The average molecular weight is 281 g/mol. The summed E-state index contributed by atoms with van der Waals surface area (Å²) in [5, 5.41) is 3.69. The highest BCUT2D eigenvalue weighted by atomic mass is 32.2. The van der Waals surface area contributed by atoms with Crippen LogP contribution >= 0.6 is 11.8 Å². The Labute approximate surface area is 120 Å². The predicted molar refractivity (Wildman–Crippen MR) is 81.3 cm³/mol. The van der Waals surface area contributed by atoms with E-state index in [-0.39, 0.29) is 12.0 Å². The Morgan fingerprint density at radius 3 is 2.42 bits per heavy atom. The molecule has 0 heterocycles. The molecule has 19 heavy (non-hydrogen) atoms. The van der Waals surface area contributed by atoms with Gasteiger partial charge in [-0.2, -0.15) is 0 Å². The molecule has 0 aliphatic carbocycles. The number of thioether (sulfide) groups is 1. The first kappa shape index (κ1) is 16.1. The number of rotatable bonds is 7. The van der Waals surface area contributed by atoms with Crippen molar-refractivity contribution in [3.8, 4) is 0 Å². The highest BCUT2D eigenvalue weighted by molar-refractivity contribution is 8.00. The molecule has 2 unspecified atom stereocenters. The average Bonchev–Trinajstić information content (AvgIpc) is 2.43. The molecule has 0 fully saturated rings. The summed E-state index contributed by atoms with van der Waals surface area (Å²) in [6.45, 7) is 4.37. The first-order valence-electron chi connectivity index (χ1n) is 6.50. The normalized spacial score (nSPS) is 14.2. The Kier molecular flexibility index (Phi) is 6.95. The molecule has 1 rings (SSSR count). The van der Waals surface area contributed by atoms with Crippen molar-refractivity contribution < 1.29 is 9.53 Å². The molecule has 106 valence electrons. The molecule has 0 radical (unpaired) electrons. The number of hydrogen-bond donors (Lipinski definition) is 1. The molecule has 4 heteroatoms. The molecule has 0 aliphatic heterocycles. The van der Waals surface area contributed by atoms with E-state index in [0.29, 0.717) is 16.9 Å². The summed E-state index contributed by atoms with van der Waals surface area (Å²) in [6.07, 6.45) is 0. The van der Waals surface area contributed by atoms with E-state index in [0.717, 1.165) is 0 Å². The monoisotopic (exact) mass is 281 g/mol. The van der Waals surface area contributed by atoms with Gasteiger partial charge in [0.1, 0.15) is 0 Å². The van der Waals surface area contributed by atoms with Crippen molar-refractivity contribution in [1.82, 2.24) is 5.32 Å². The van der Waals surface area contributed by atoms with Crippen molar-refractivity contribution in [3.63, 3.8) is 0 Å². The lowest BCUT2D eigenvalue weighted by Crippen LogP contribution is -2.32. The standard InChI is InChI=1S/C15H23NO2S/c1-11(2)15(19-10-13(17)18-4)14(16-3)12-8-6-5-7-9-12/h5-9,11,14-16H,10H2,1-4H3. The van der Waals surface area contributed by atoms with Gasteiger partial charge in [0.25, 0.3) is 0 Å². The van der Waals surface area contributed by atoms with E-state index in [9.17, 15) is 4.79 Å². The van der Waals surface area contributed by atoms with E-state index in [4.69, 9.17) is 4.74 Å². The second-order valence-electron chi connectivity index (χ2n) is 4.77. The van der Waals surface area contributed by atoms with Gasteiger partial charge in [-0.1, -0.05) is 44.2 Å². The fraction of sp³-hybridized carbons (Fsp3) is 0.533. The largest absolute Gasteiger partial charge is 0.468 e. The van der Waals surface area contributed by atoms with Crippen LogP contribution in [0.5, 0.6) is 0 Å². The minimum absolute atomic E-state index is 0.168. The third-order valence-corrected chi connectivity index (χ3v) is 4.68. The fourth-order valence-electron chi connectivity index (χ4n) is 2.08. The first-order valence-corrected chi connectivity index (χ1v) is 7.55.